The second kappa shape index (κ2) is 23.5. The fraction of sp³-hybridized carbons (Fsp3) is 0.129. The molecule has 4 aromatic heterocycles. The van der Waals surface area contributed by atoms with E-state index < -0.39 is 0 Å². The number of pyridine rings is 4. The molecule has 0 saturated carbocycles. The van der Waals surface area contributed by atoms with E-state index in [0.717, 1.165) is 57.6 Å². The van der Waals surface area contributed by atoms with E-state index in [4.69, 9.17) is 0 Å². The number of nitrogens with zero attached hydrogens (tertiary/aromatic N) is 4. The molecule has 12 heteroatoms. The zero-order chi connectivity index (χ0) is 51.6. The van der Waals surface area contributed by atoms with Gasteiger partial charge in [-0.1, -0.05) is 125 Å². The van der Waals surface area contributed by atoms with E-state index in [1.807, 2.05) is 12.1 Å². The molecule has 8 nitrogen and oxygen atoms in total. The van der Waals surface area contributed by atoms with Crippen LogP contribution in [0.25, 0.3) is 44.5 Å². The van der Waals surface area contributed by atoms with Crippen LogP contribution in [-0.2, 0) is 31.0 Å². The highest BCUT2D eigenvalue weighted by Crippen LogP contribution is 2.32. The van der Waals surface area contributed by atoms with Crippen molar-refractivity contribution in [2.45, 2.75) is 39.5 Å². The van der Waals surface area contributed by atoms with Gasteiger partial charge in [0.1, 0.15) is 31.4 Å². The third-order valence-corrected chi connectivity index (χ3v) is 13.9. The summed E-state index contributed by atoms with van der Waals surface area (Å²) >= 11 is 0. The number of hydrogen-bond acceptors (Lipinski definition) is 2. The first-order valence-electron chi connectivity index (χ1n) is 25.6. The van der Waals surface area contributed by atoms with Crippen LogP contribution in [0.2, 0.25) is 0 Å². The van der Waals surface area contributed by atoms with E-state index >= 15 is 0 Å². The van der Waals surface area contributed by atoms with Crippen molar-refractivity contribution in [1.82, 2.24) is 10.6 Å². The van der Waals surface area contributed by atoms with E-state index in [1.54, 1.807) is 6.92 Å². The molecule has 0 aliphatic rings. The predicted octanol–water partition coefficient (Wildman–Crippen LogP) is 2.54. The van der Waals surface area contributed by atoms with Crippen LogP contribution < -0.4 is 50.8 Å². The molecule has 4 heterocycles. The van der Waals surface area contributed by atoms with Crippen LogP contribution in [0.3, 0.4) is 0 Å². The highest BCUT2D eigenvalue weighted by molar-refractivity contribution is 6.34. The van der Waals surface area contributed by atoms with Crippen LogP contribution in [-0.4, -0.2) is 56.3 Å². The maximum atomic E-state index is 14.5. The van der Waals surface area contributed by atoms with E-state index in [-0.39, 0.29) is 11.8 Å². The number of carbonyl (C=O) groups excluding carboxylic acids is 2. The molecule has 0 bridgehead atoms. The summed E-state index contributed by atoms with van der Waals surface area (Å²) in [5, 5.41) is 6.05. The summed E-state index contributed by atoms with van der Waals surface area (Å²) in [4.78, 5) is 26.7. The Hall–Kier alpha value is -8.36. The normalized spacial score (nSPS) is 11.0. The van der Waals surface area contributed by atoms with Crippen molar-refractivity contribution in [2.75, 3.05) is 13.1 Å². The van der Waals surface area contributed by atoms with Gasteiger partial charge < -0.3 is 10.6 Å². The lowest BCUT2D eigenvalue weighted by molar-refractivity contribution is -0.689. The van der Waals surface area contributed by atoms with E-state index in [2.05, 4.69) is 256 Å². The highest BCUT2D eigenvalue weighted by Gasteiger charge is 2.21. The van der Waals surface area contributed by atoms with Crippen LogP contribution in [0, 0.1) is 0 Å². The van der Waals surface area contributed by atoms with Crippen molar-refractivity contribution in [1.29, 1.82) is 0 Å². The second-order valence-electron chi connectivity index (χ2n) is 19.7. The van der Waals surface area contributed by atoms with Crippen LogP contribution >= 0.6 is 0 Å². The summed E-state index contributed by atoms with van der Waals surface area (Å²) in [6.45, 7) is 9.09. The zero-order valence-corrected chi connectivity index (χ0v) is 43.3. The van der Waals surface area contributed by atoms with Gasteiger partial charge in [0.2, 0.25) is 5.91 Å². The fourth-order valence-electron chi connectivity index (χ4n) is 9.44. The van der Waals surface area contributed by atoms with Crippen molar-refractivity contribution in [3.8, 4) is 44.5 Å². The molecule has 5 aromatic carbocycles. The van der Waals surface area contributed by atoms with E-state index in [1.165, 1.54) is 44.1 Å². The third-order valence-electron chi connectivity index (χ3n) is 13.9. The Bertz CT molecular complexity index is 3340. The summed E-state index contributed by atoms with van der Waals surface area (Å²) < 4.78 is 9.05. The summed E-state index contributed by atoms with van der Waals surface area (Å²) in [5.41, 5.74) is 19.0. The summed E-state index contributed by atoms with van der Waals surface area (Å²) in [5.74, 6) is -0.376. The quantitative estimate of drug-likeness (QED) is 0.0602. The Kier molecular flexibility index (Phi) is 16.0. The number of carbonyl (C=O) groups is 2. The predicted molar refractivity (Wildman–Crippen MR) is 309 cm³/mol. The summed E-state index contributed by atoms with van der Waals surface area (Å²) in [6, 6.07) is 53.5. The van der Waals surface area contributed by atoms with Gasteiger partial charge in [-0.3, -0.25) is 9.59 Å². The average Bonchev–Trinajstić information content (AvgIpc) is 3.41. The maximum Gasteiger partial charge on any atom is 0.251 e. The average molecular weight is 966 g/mol. The van der Waals surface area contributed by atoms with Gasteiger partial charge in [0.15, 0.2) is 75.8 Å². The molecule has 0 atom stereocenters. The smallest absolute Gasteiger partial charge is 0.251 e. The monoisotopic (exact) mass is 967 g/mol. The lowest BCUT2D eigenvalue weighted by Gasteiger charge is -2.13. The van der Waals surface area contributed by atoms with Gasteiger partial charge in [-0.15, -0.1) is 0 Å². The lowest BCUT2D eigenvalue weighted by atomic mass is 9.90. The number of nitrogens with one attached hydrogen (secondary N) is 2. The summed E-state index contributed by atoms with van der Waals surface area (Å²) in [7, 11) is 8.64. The molecule has 2 amide bonds. The Balaban J connectivity index is 1.17. The van der Waals surface area contributed by atoms with Gasteiger partial charge in [0.25, 0.3) is 5.91 Å². The van der Waals surface area contributed by atoms with Crippen molar-refractivity contribution >= 4 is 65.1 Å². The third kappa shape index (κ3) is 12.8. The molecule has 0 aliphatic heterocycles. The van der Waals surface area contributed by atoms with Crippen LogP contribution in [0.5, 0.6) is 0 Å². The van der Waals surface area contributed by atoms with Gasteiger partial charge in [-0.05, 0) is 66.9 Å². The van der Waals surface area contributed by atoms with Crippen LogP contribution in [0.1, 0.15) is 46.0 Å². The largest absolute Gasteiger partial charge is 0.352 e. The number of amides is 2. The van der Waals surface area contributed by atoms with Crippen molar-refractivity contribution < 1.29 is 27.9 Å². The van der Waals surface area contributed by atoms with Crippen LogP contribution in [0.15, 0.2) is 213 Å². The van der Waals surface area contributed by atoms with Crippen molar-refractivity contribution in [2.24, 2.45) is 0 Å². The first-order valence-corrected chi connectivity index (χ1v) is 25.6. The molecule has 0 spiro atoms. The summed E-state index contributed by atoms with van der Waals surface area (Å²) in [6.07, 6.45) is 18.2. The number of aromatic nitrogens is 4. The number of hydrogen-bond donors (Lipinski definition) is 2. The first-order chi connectivity index (χ1) is 35.9. The van der Waals surface area contributed by atoms with Crippen molar-refractivity contribution in [3.63, 3.8) is 0 Å². The minimum Gasteiger partial charge on any atom is -0.352 e. The minimum absolute atomic E-state index is 0.187. The molecule has 0 radical (unpaired) electrons. The van der Waals surface area contributed by atoms with Gasteiger partial charge >= 0.3 is 0 Å². The van der Waals surface area contributed by atoms with E-state index in [0.29, 0.717) is 43.7 Å². The Labute approximate surface area is 439 Å². The maximum absolute atomic E-state index is 14.5. The highest BCUT2D eigenvalue weighted by atomic mass is 16.2. The molecule has 0 unspecified atom stereocenters. The van der Waals surface area contributed by atoms with Crippen LogP contribution in [0.4, 0.5) is 0 Å². The van der Waals surface area contributed by atoms with Gasteiger partial charge in [-0.2, -0.15) is 9.13 Å². The lowest BCUT2D eigenvalue weighted by Crippen LogP contribution is -2.37. The Morgan fingerprint density at radius 3 is 1.15 bits per heavy atom. The Morgan fingerprint density at radius 2 is 0.757 bits per heavy atom. The molecule has 0 aliphatic carbocycles. The van der Waals surface area contributed by atoms with Gasteiger partial charge in [-0.25, -0.2) is 9.13 Å². The SMILES string of the molecule is Bc1ccccc1C[n+]1cccc(-c2cc(-c3cc(C(=O)NCCCNC(=O)C(=C)C)cc(-c4cc(-c5ccc[n+](Cc6ccccc6B)c5)c[n+](Cc5ccccc5B)c4)c3)c[n+](Cc3ccccc3B)c2)c1. The molecule has 9 aromatic rings. The Morgan fingerprint density at radius 1 is 0.419 bits per heavy atom. The van der Waals surface area contributed by atoms with E-state index in [9.17, 15) is 9.59 Å². The molecule has 360 valence electrons. The standard InChI is InChI=1S/C62H60B4N6O2/c1-43(2)61(73)67-24-13-25-68-62(74)52-29-50(55-31-53(39-71(41-55)37-48-16-5-9-22-59(48)65)44-18-11-26-69(33-44)35-46-14-3-7-20-57(46)63)28-51(30-52)56-32-54(40-72(42-56)38-49-17-6-10-23-60(49)66)45-19-12-27-70(34-45)36-47-15-4-8-21-58(47)64/h3-12,14-23,26-34,39-42H,1,13,24-25,35-38,63-66H2,2H3/q+2/p+2. The zero-order valence-electron chi connectivity index (χ0n) is 43.3. The van der Waals surface area contributed by atoms with Gasteiger partial charge in [0.05, 0.1) is 22.3 Å². The molecule has 9 rings (SSSR count). The topological polar surface area (TPSA) is 73.7 Å². The van der Waals surface area contributed by atoms with Gasteiger partial charge in [0, 0.05) is 69.7 Å². The fourth-order valence-corrected chi connectivity index (χ4v) is 9.44. The van der Waals surface area contributed by atoms with Crippen molar-refractivity contribution in [3.05, 3.63) is 241 Å². The molecule has 2 N–H and O–H groups in total. The second-order valence-corrected chi connectivity index (χ2v) is 19.7. The minimum atomic E-state index is -0.189. The number of rotatable bonds is 18. The number of benzene rings is 5. The molecule has 0 saturated heterocycles. The first kappa shape index (κ1) is 50.6. The molecular formula is C62H62B4N6O2+4. The molecule has 74 heavy (non-hydrogen) atoms. The molecule has 0 fully saturated rings. The molecular weight excluding hydrogens is 904 g/mol.